The third kappa shape index (κ3) is 6.58. The fourth-order valence-electron chi connectivity index (χ4n) is 6.17. The molecule has 2 heterocycles. The van der Waals surface area contributed by atoms with E-state index in [0.29, 0.717) is 50.5 Å². The van der Waals surface area contributed by atoms with E-state index in [-0.39, 0.29) is 6.04 Å². The number of aromatic nitrogens is 2. The van der Waals surface area contributed by atoms with E-state index in [1.165, 1.54) is 12.8 Å². The van der Waals surface area contributed by atoms with Crippen molar-refractivity contribution >= 4 is 52.5 Å². The average Bonchev–Trinajstić information content (AvgIpc) is 2.87. The van der Waals surface area contributed by atoms with Crippen LogP contribution in [0.25, 0.3) is 0 Å². The van der Waals surface area contributed by atoms with Gasteiger partial charge in [-0.2, -0.15) is 4.98 Å². The van der Waals surface area contributed by atoms with Gasteiger partial charge in [0, 0.05) is 35.2 Å². The van der Waals surface area contributed by atoms with Crippen LogP contribution < -0.4 is 10.2 Å². The summed E-state index contributed by atoms with van der Waals surface area (Å²) in [5.41, 5.74) is 1.03. The smallest absolute Gasteiger partial charge is 0.309 e. The second-order valence-corrected chi connectivity index (χ2v) is 12.8. The zero-order valence-corrected chi connectivity index (χ0v) is 25.7. The maximum atomic E-state index is 11.7. The highest BCUT2D eigenvalue weighted by atomic mass is 35.5. The summed E-state index contributed by atoms with van der Waals surface area (Å²) in [5, 5.41) is 14.7. The standard InChI is InChI=1S/C29H40Cl3N5O2/c1-6-36(16-17(2)24-9-7-8-12-37(24)21-14-29(5,15-21)27(38)39)28-34-19(4)25(32)26(35-28)33-18(3)22-11-10-20(30)13-23(22)31/h10-11,13,17-18,21,24H,6-9,12,14-16H2,1-5H3,(H,38,39)(H,33,34,35)/t17?,18-,21?,24?,29?/m1/s1. The number of piperidine rings is 1. The minimum atomic E-state index is -0.676. The van der Waals surface area contributed by atoms with Gasteiger partial charge in [0.2, 0.25) is 5.95 Å². The largest absolute Gasteiger partial charge is 0.481 e. The molecule has 0 radical (unpaired) electrons. The Labute approximate surface area is 247 Å². The van der Waals surface area contributed by atoms with E-state index >= 15 is 0 Å². The van der Waals surface area contributed by atoms with Crippen molar-refractivity contribution in [1.82, 2.24) is 14.9 Å². The molecule has 1 aromatic heterocycles. The van der Waals surface area contributed by atoms with Crippen molar-refractivity contribution in [1.29, 1.82) is 0 Å². The topological polar surface area (TPSA) is 81.6 Å². The molecule has 1 saturated heterocycles. The number of benzene rings is 1. The quantitative estimate of drug-likeness (QED) is 0.294. The van der Waals surface area contributed by atoms with E-state index in [4.69, 9.17) is 44.8 Å². The van der Waals surface area contributed by atoms with Gasteiger partial charge in [-0.05, 0) is 83.5 Å². The molecule has 1 aliphatic heterocycles. The number of rotatable bonds is 10. The molecule has 0 spiro atoms. The number of aliphatic carboxylic acids is 1. The number of likely N-dealkylation sites (tertiary alicyclic amines) is 1. The predicted octanol–water partition coefficient (Wildman–Crippen LogP) is 7.49. The van der Waals surface area contributed by atoms with E-state index in [2.05, 4.69) is 29.0 Å². The second-order valence-electron chi connectivity index (χ2n) is 11.5. The van der Waals surface area contributed by atoms with Gasteiger partial charge in [0.25, 0.3) is 0 Å². The molecule has 0 bridgehead atoms. The van der Waals surface area contributed by atoms with Crippen LogP contribution in [0.5, 0.6) is 0 Å². The van der Waals surface area contributed by atoms with Crippen LogP contribution in [0.3, 0.4) is 0 Å². The molecule has 1 saturated carbocycles. The molecular formula is C29H40Cl3N5O2. The summed E-state index contributed by atoms with van der Waals surface area (Å²) < 4.78 is 0. The Kier molecular flexibility index (Phi) is 9.57. The van der Waals surface area contributed by atoms with Crippen LogP contribution in [-0.2, 0) is 4.79 Å². The summed E-state index contributed by atoms with van der Waals surface area (Å²) in [4.78, 5) is 26.1. The van der Waals surface area contributed by atoms with Crippen molar-refractivity contribution < 1.29 is 9.90 Å². The molecule has 2 unspecified atom stereocenters. The fourth-order valence-corrected chi connectivity index (χ4v) is 6.88. The van der Waals surface area contributed by atoms with E-state index in [9.17, 15) is 9.90 Å². The summed E-state index contributed by atoms with van der Waals surface area (Å²) >= 11 is 19.2. The molecular weight excluding hydrogens is 557 g/mol. The van der Waals surface area contributed by atoms with Gasteiger partial charge in [-0.25, -0.2) is 4.98 Å². The van der Waals surface area contributed by atoms with Gasteiger partial charge >= 0.3 is 5.97 Å². The Morgan fingerprint density at radius 3 is 2.59 bits per heavy atom. The molecule has 2 N–H and O–H groups in total. The van der Waals surface area contributed by atoms with Crippen molar-refractivity contribution in [3.63, 3.8) is 0 Å². The number of aryl methyl sites for hydroxylation is 1. The number of hydrogen-bond donors (Lipinski definition) is 2. The normalized spacial score (nSPS) is 25.0. The van der Waals surface area contributed by atoms with Crippen LogP contribution >= 0.6 is 34.8 Å². The van der Waals surface area contributed by atoms with Gasteiger partial charge in [0.15, 0.2) is 5.82 Å². The van der Waals surface area contributed by atoms with Gasteiger partial charge in [-0.15, -0.1) is 0 Å². The zero-order valence-electron chi connectivity index (χ0n) is 23.5. The number of nitrogens with zero attached hydrogens (tertiary/aromatic N) is 4. The van der Waals surface area contributed by atoms with Crippen molar-refractivity contribution in [2.24, 2.45) is 11.3 Å². The maximum Gasteiger partial charge on any atom is 0.309 e. The molecule has 2 aromatic rings. The van der Waals surface area contributed by atoms with E-state index in [0.717, 1.165) is 44.5 Å². The van der Waals surface area contributed by atoms with Gasteiger partial charge in [-0.1, -0.05) is 54.2 Å². The molecule has 4 rings (SSSR count). The number of carbonyl (C=O) groups is 1. The van der Waals surface area contributed by atoms with Crippen molar-refractivity contribution in [3.05, 3.63) is 44.5 Å². The molecule has 1 aromatic carbocycles. The molecule has 2 aliphatic rings. The Morgan fingerprint density at radius 1 is 1.23 bits per heavy atom. The van der Waals surface area contributed by atoms with Crippen LogP contribution in [0.15, 0.2) is 18.2 Å². The van der Waals surface area contributed by atoms with Gasteiger partial charge in [0.1, 0.15) is 5.02 Å². The van der Waals surface area contributed by atoms with Crippen LogP contribution in [-0.4, -0.2) is 57.7 Å². The maximum absolute atomic E-state index is 11.7. The Balaban J connectivity index is 1.49. The lowest BCUT2D eigenvalue weighted by molar-refractivity contribution is -0.159. The average molecular weight is 597 g/mol. The minimum Gasteiger partial charge on any atom is -0.481 e. The molecule has 2 fully saturated rings. The first kappa shape index (κ1) is 30.2. The highest BCUT2D eigenvalue weighted by Crippen LogP contribution is 2.46. The van der Waals surface area contributed by atoms with Gasteiger partial charge in [-0.3, -0.25) is 9.69 Å². The lowest BCUT2D eigenvalue weighted by atomic mass is 9.65. The van der Waals surface area contributed by atoms with E-state index in [1.807, 2.05) is 32.9 Å². The Morgan fingerprint density at radius 2 is 1.95 bits per heavy atom. The van der Waals surface area contributed by atoms with Crippen molar-refractivity contribution in [2.45, 2.75) is 84.8 Å². The summed E-state index contributed by atoms with van der Waals surface area (Å²) in [6.45, 7) is 12.8. The number of carboxylic acid groups (broad SMARTS) is 1. The molecule has 39 heavy (non-hydrogen) atoms. The third-order valence-electron chi connectivity index (χ3n) is 8.57. The Bertz CT molecular complexity index is 1190. The predicted molar refractivity (Wildman–Crippen MR) is 160 cm³/mol. The van der Waals surface area contributed by atoms with Crippen LogP contribution in [0.4, 0.5) is 11.8 Å². The highest BCUT2D eigenvalue weighted by molar-refractivity contribution is 6.35. The first-order valence-corrected chi connectivity index (χ1v) is 15.1. The number of anilines is 2. The highest BCUT2D eigenvalue weighted by Gasteiger charge is 2.50. The van der Waals surface area contributed by atoms with Crippen LogP contribution in [0, 0.1) is 18.3 Å². The summed E-state index contributed by atoms with van der Waals surface area (Å²) in [6.07, 6.45) is 4.97. The molecule has 3 atom stereocenters. The summed E-state index contributed by atoms with van der Waals surface area (Å²) in [7, 11) is 0. The second kappa shape index (κ2) is 12.4. The van der Waals surface area contributed by atoms with Crippen molar-refractivity contribution in [2.75, 3.05) is 29.9 Å². The fraction of sp³-hybridized carbons (Fsp3) is 0.621. The van der Waals surface area contributed by atoms with Gasteiger partial charge in [0.05, 0.1) is 17.2 Å². The summed E-state index contributed by atoms with van der Waals surface area (Å²) in [6, 6.07) is 6.07. The monoisotopic (exact) mass is 595 g/mol. The lowest BCUT2D eigenvalue weighted by Gasteiger charge is -2.53. The molecule has 1 aliphatic carbocycles. The molecule has 214 valence electrons. The SMILES string of the molecule is CCN(CC(C)C1CCCCN1C1CC(C)(C(=O)O)C1)c1nc(C)c(Cl)c(N[C@H](C)c2ccc(Cl)cc2Cl)n1. The van der Waals surface area contributed by atoms with Crippen molar-refractivity contribution in [3.8, 4) is 0 Å². The number of hydrogen-bond acceptors (Lipinski definition) is 6. The minimum absolute atomic E-state index is 0.141. The molecule has 10 heteroatoms. The first-order chi connectivity index (χ1) is 18.4. The summed E-state index contributed by atoms with van der Waals surface area (Å²) in [5.74, 6) is 0.910. The third-order valence-corrected chi connectivity index (χ3v) is 9.58. The molecule has 7 nitrogen and oxygen atoms in total. The van der Waals surface area contributed by atoms with Gasteiger partial charge < -0.3 is 15.3 Å². The number of nitrogens with one attached hydrogen (secondary N) is 1. The van der Waals surface area contributed by atoms with E-state index in [1.54, 1.807) is 6.07 Å². The number of carboxylic acids is 1. The first-order valence-electron chi connectivity index (χ1n) is 13.9. The van der Waals surface area contributed by atoms with Crippen LogP contribution in [0.1, 0.15) is 77.1 Å². The number of halogens is 3. The lowest BCUT2D eigenvalue weighted by Crippen LogP contribution is -2.59. The zero-order chi connectivity index (χ0) is 28.5. The molecule has 0 amide bonds. The van der Waals surface area contributed by atoms with E-state index < -0.39 is 11.4 Å². The Hall–Kier alpha value is -1.80. The van der Waals surface area contributed by atoms with Crippen LogP contribution in [0.2, 0.25) is 15.1 Å².